The summed E-state index contributed by atoms with van der Waals surface area (Å²) < 4.78 is 5.31. The van der Waals surface area contributed by atoms with E-state index in [1.54, 1.807) is 7.11 Å². The zero-order chi connectivity index (χ0) is 15.0. The third kappa shape index (κ3) is 5.09. The van der Waals surface area contributed by atoms with Gasteiger partial charge in [0.25, 0.3) is 0 Å². The summed E-state index contributed by atoms with van der Waals surface area (Å²) in [5, 5.41) is 14.4. The highest BCUT2D eigenvalue weighted by Gasteiger charge is 2.12. The maximum atomic E-state index is 11.7. The second kappa shape index (κ2) is 8.43. The van der Waals surface area contributed by atoms with Crippen LogP contribution in [0.2, 0.25) is 0 Å². The fraction of sp³-hybridized carbons (Fsp3) is 0.533. The smallest absolute Gasteiger partial charge is 0.315 e. The van der Waals surface area contributed by atoms with E-state index in [0.29, 0.717) is 13.0 Å². The van der Waals surface area contributed by atoms with E-state index in [0.717, 1.165) is 11.3 Å². The Balaban J connectivity index is 2.46. The van der Waals surface area contributed by atoms with Crippen molar-refractivity contribution in [1.82, 2.24) is 10.6 Å². The maximum absolute atomic E-state index is 11.7. The highest BCUT2D eigenvalue weighted by Crippen LogP contribution is 2.25. The van der Waals surface area contributed by atoms with Crippen molar-refractivity contribution in [2.45, 2.75) is 32.2 Å². The molecule has 1 rings (SSSR count). The molecule has 0 saturated heterocycles. The molecular formula is C15H24N2O3. The molecule has 112 valence electrons. The second-order valence-corrected chi connectivity index (χ2v) is 4.91. The van der Waals surface area contributed by atoms with E-state index in [9.17, 15) is 4.79 Å². The Bertz CT molecular complexity index is 423. The van der Waals surface area contributed by atoms with Gasteiger partial charge in [-0.1, -0.05) is 25.1 Å². The molecule has 0 aromatic heterocycles. The minimum Gasteiger partial charge on any atom is -0.496 e. The van der Waals surface area contributed by atoms with E-state index in [4.69, 9.17) is 9.84 Å². The molecule has 0 heterocycles. The van der Waals surface area contributed by atoms with Crippen LogP contribution < -0.4 is 15.4 Å². The van der Waals surface area contributed by atoms with Crippen molar-refractivity contribution in [1.29, 1.82) is 0 Å². The van der Waals surface area contributed by atoms with Crippen LogP contribution in [0.15, 0.2) is 24.3 Å². The van der Waals surface area contributed by atoms with Crippen molar-refractivity contribution < 1.29 is 14.6 Å². The Labute approximate surface area is 120 Å². The van der Waals surface area contributed by atoms with Crippen LogP contribution in [-0.2, 0) is 0 Å². The highest BCUT2D eigenvalue weighted by molar-refractivity contribution is 5.74. The van der Waals surface area contributed by atoms with E-state index in [1.807, 2.05) is 38.1 Å². The molecule has 0 saturated carbocycles. The van der Waals surface area contributed by atoms with Gasteiger partial charge in [0, 0.05) is 25.1 Å². The molecule has 2 atom stereocenters. The van der Waals surface area contributed by atoms with E-state index in [-0.39, 0.29) is 24.6 Å². The van der Waals surface area contributed by atoms with Crippen LogP contribution in [0.1, 0.15) is 31.7 Å². The largest absolute Gasteiger partial charge is 0.496 e. The number of para-hydroxylation sites is 1. The number of urea groups is 1. The Morgan fingerprint density at radius 1 is 1.35 bits per heavy atom. The molecule has 0 bridgehead atoms. The molecule has 2 amide bonds. The van der Waals surface area contributed by atoms with E-state index in [2.05, 4.69) is 10.6 Å². The molecule has 0 fully saturated rings. The first kappa shape index (κ1) is 16.3. The van der Waals surface area contributed by atoms with Gasteiger partial charge >= 0.3 is 6.03 Å². The molecule has 0 spiro atoms. The molecule has 0 radical (unpaired) electrons. The number of rotatable bonds is 7. The predicted octanol–water partition coefficient (Wildman–Crippen LogP) is 1.87. The number of amides is 2. The molecule has 1 aromatic carbocycles. The zero-order valence-electron chi connectivity index (χ0n) is 12.3. The minimum absolute atomic E-state index is 0.0402. The molecular weight excluding hydrogens is 256 g/mol. The van der Waals surface area contributed by atoms with Gasteiger partial charge in [-0.05, 0) is 25.0 Å². The Hall–Kier alpha value is -1.75. The lowest BCUT2D eigenvalue weighted by molar-refractivity contribution is 0.230. The topological polar surface area (TPSA) is 70.6 Å². The number of benzene rings is 1. The summed E-state index contributed by atoms with van der Waals surface area (Å²) in [6.45, 7) is 4.49. The van der Waals surface area contributed by atoms with Crippen LogP contribution in [0.5, 0.6) is 5.75 Å². The fourth-order valence-corrected chi connectivity index (χ4v) is 1.97. The zero-order valence-corrected chi connectivity index (χ0v) is 12.3. The Morgan fingerprint density at radius 3 is 2.70 bits per heavy atom. The third-order valence-corrected chi connectivity index (χ3v) is 3.18. The number of hydrogen-bond acceptors (Lipinski definition) is 3. The lowest BCUT2D eigenvalue weighted by atomic mass is 10.0. The van der Waals surface area contributed by atoms with Gasteiger partial charge in [-0.25, -0.2) is 4.79 Å². The molecule has 20 heavy (non-hydrogen) atoms. The van der Waals surface area contributed by atoms with Gasteiger partial charge in [0.05, 0.1) is 7.11 Å². The maximum Gasteiger partial charge on any atom is 0.315 e. The summed E-state index contributed by atoms with van der Waals surface area (Å²) in [4.78, 5) is 11.7. The molecule has 5 heteroatoms. The molecule has 3 N–H and O–H groups in total. The lowest BCUT2D eigenvalue weighted by Gasteiger charge is -2.18. The number of hydrogen-bond donors (Lipinski definition) is 3. The molecule has 5 nitrogen and oxygen atoms in total. The SMILES string of the molecule is COc1ccccc1C(C)CNC(=O)N[C@H](C)CCO. The van der Waals surface area contributed by atoms with Gasteiger partial charge in [0.15, 0.2) is 0 Å². The van der Waals surface area contributed by atoms with Crippen molar-refractivity contribution in [2.75, 3.05) is 20.3 Å². The van der Waals surface area contributed by atoms with Crippen molar-refractivity contribution in [3.05, 3.63) is 29.8 Å². The van der Waals surface area contributed by atoms with Crippen molar-refractivity contribution in [2.24, 2.45) is 0 Å². The molecule has 0 aliphatic rings. The third-order valence-electron chi connectivity index (χ3n) is 3.18. The summed E-state index contributed by atoms with van der Waals surface area (Å²) in [6.07, 6.45) is 0.551. The van der Waals surface area contributed by atoms with E-state index >= 15 is 0 Å². The average Bonchev–Trinajstić information content (AvgIpc) is 2.44. The van der Waals surface area contributed by atoms with Crippen molar-refractivity contribution >= 4 is 6.03 Å². The van der Waals surface area contributed by atoms with Gasteiger partial charge in [0.2, 0.25) is 0 Å². The number of aliphatic hydroxyl groups is 1. The number of ether oxygens (including phenoxy) is 1. The van der Waals surface area contributed by atoms with Crippen LogP contribution in [0.3, 0.4) is 0 Å². The molecule has 0 aliphatic heterocycles. The standard InChI is InChI=1S/C15H24N2O3/c1-11(13-6-4-5-7-14(13)20-3)10-16-15(19)17-12(2)8-9-18/h4-7,11-12,18H,8-10H2,1-3H3,(H2,16,17,19)/t11?,12-/m1/s1. The van der Waals surface area contributed by atoms with Gasteiger partial charge in [-0.15, -0.1) is 0 Å². The normalized spacial score (nSPS) is 13.4. The lowest BCUT2D eigenvalue weighted by Crippen LogP contribution is -2.42. The first-order valence-corrected chi connectivity index (χ1v) is 6.86. The highest BCUT2D eigenvalue weighted by atomic mass is 16.5. The molecule has 1 aromatic rings. The monoisotopic (exact) mass is 280 g/mol. The number of methoxy groups -OCH3 is 1. The van der Waals surface area contributed by atoms with Crippen LogP contribution in [0.4, 0.5) is 4.79 Å². The van der Waals surface area contributed by atoms with Gasteiger partial charge in [-0.2, -0.15) is 0 Å². The molecule has 1 unspecified atom stereocenters. The van der Waals surface area contributed by atoms with Gasteiger partial charge < -0.3 is 20.5 Å². The first-order valence-electron chi connectivity index (χ1n) is 6.86. The summed E-state index contributed by atoms with van der Waals surface area (Å²) in [5.74, 6) is 0.987. The second-order valence-electron chi connectivity index (χ2n) is 4.91. The van der Waals surface area contributed by atoms with Crippen LogP contribution >= 0.6 is 0 Å². The fourth-order valence-electron chi connectivity index (χ4n) is 1.97. The first-order chi connectivity index (χ1) is 9.58. The Kier molecular flexibility index (Phi) is 6.87. The Morgan fingerprint density at radius 2 is 2.05 bits per heavy atom. The van der Waals surface area contributed by atoms with Crippen molar-refractivity contribution in [3.63, 3.8) is 0 Å². The van der Waals surface area contributed by atoms with Gasteiger partial charge in [0.1, 0.15) is 5.75 Å². The van der Waals surface area contributed by atoms with Crippen LogP contribution in [0, 0.1) is 0 Å². The number of nitrogens with one attached hydrogen (secondary N) is 2. The number of aliphatic hydroxyl groups excluding tert-OH is 1. The van der Waals surface area contributed by atoms with E-state index < -0.39 is 0 Å². The molecule has 0 aliphatic carbocycles. The summed E-state index contributed by atoms with van der Waals surface area (Å²) >= 11 is 0. The summed E-state index contributed by atoms with van der Waals surface area (Å²) in [6, 6.07) is 7.53. The van der Waals surface area contributed by atoms with Crippen molar-refractivity contribution in [3.8, 4) is 5.75 Å². The number of carbonyl (C=O) groups excluding carboxylic acids is 1. The quantitative estimate of drug-likeness (QED) is 0.714. The number of carbonyl (C=O) groups is 1. The van der Waals surface area contributed by atoms with Crippen LogP contribution in [0.25, 0.3) is 0 Å². The van der Waals surface area contributed by atoms with Gasteiger partial charge in [-0.3, -0.25) is 0 Å². The minimum atomic E-state index is -0.215. The van der Waals surface area contributed by atoms with E-state index in [1.165, 1.54) is 0 Å². The summed E-state index contributed by atoms with van der Waals surface area (Å²) in [5.41, 5.74) is 1.07. The summed E-state index contributed by atoms with van der Waals surface area (Å²) in [7, 11) is 1.64. The predicted molar refractivity (Wildman–Crippen MR) is 79.1 cm³/mol. The average molecular weight is 280 g/mol. The van der Waals surface area contributed by atoms with Crippen LogP contribution in [-0.4, -0.2) is 37.4 Å².